The third kappa shape index (κ3) is 3.93. The summed E-state index contributed by atoms with van der Waals surface area (Å²) in [7, 11) is 1.68. The fourth-order valence-electron chi connectivity index (χ4n) is 2.22. The smallest absolute Gasteiger partial charge is 0.209 e. The van der Waals surface area contributed by atoms with Gasteiger partial charge in [0, 0.05) is 17.7 Å². The van der Waals surface area contributed by atoms with E-state index < -0.39 is 0 Å². The molecule has 0 N–H and O–H groups in total. The van der Waals surface area contributed by atoms with E-state index in [2.05, 4.69) is 34.8 Å². The molecular formula is C16H19N5OS2. The zero-order valence-electron chi connectivity index (χ0n) is 13.8. The number of benzene rings is 1. The van der Waals surface area contributed by atoms with Crippen molar-refractivity contribution in [2.45, 2.75) is 31.3 Å². The van der Waals surface area contributed by atoms with Crippen LogP contribution in [0, 0.1) is 5.92 Å². The Balaban J connectivity index is 1.70. The van der Waals surface area contributed by atoms with Crippen molar-refractivity contribution in [1.82, 2.24) is 25.2 Å². The van der Waals surface area contributed by atoms with Gasteiger partial charge in [-0.1, -0.05) is 37.7 Å². The first kappa shape index (κ1) is 16.9. The highest BCUT2D eigenvalue weighted by atomic mass is 32.2. The highest BCUT2D eigenvalue weighted by Crippen LogP contribution is 2.33. The van der Waals surface area contributed by atoms with Crippen LogP contribution in [0.15, 0.2) is 34.8 Å². The summed E-state index contributed by atoms with van der Waals surface area (Å²) in [5.41, 5.74) is 2.04. The largest absolute Gasteiger partial charge is 0.496 e. The Bertz CT molecular complexity index is 799. The van der Waals surface area contributed by atoms with E-state index in [0.29, 0.717) is 5.92 Å². The van der Waals surface area contributed by atoms with E-state index in [4.69, 9.17) is 9.72 Å². The van der Waals surface area contributed by atoms with Gasteiger partial charge in [-0.3, -0.25) is 0 Å². The molecule has 2 aromatic heterocycles. The second-order valence-corrected chi connectivity index (χ2v) is 7.47. The van der Waals surface area contributed by atoms with Crippen LogP contribution in [-0.4, -0.2) is 32.3 Å². The fourth-order valence-corrected chi connectivity index (χ4v) is 3.95. The summed E-state index contributed by atoms with van der Waals surface area (Å²) in [6.45, 7) is 5.12. The minimum atomic E-state index is 0.504. The molecule has 0 saturated carbocycles. The molecule has 0 fully saturated rings. The van der Waals surface area contributed by atoms with E-state index in [1.54, 1.807) is 30.2 Å². The fraction of sp³-hybridized carbons (Fsp3) is 0.375. The highest BCUT2D eigenvalue weighted by molar-refractivity contribution is 7.98. The van der Waals surface area contributed by atoms with Gasteiger partial charge in [0.15, 0.2) is 0 Å². The van der Waals surface area contributed by atoms with Gasteiger partial charge in [0.2, 0.25) is 5.16 Å². The van der Waals surface area contributed by atoms with E-state index in [1.165, 1.54) is 0 Å². The Morgan fingerprint density at radius 3 is 2.92 bits per heavy atom. The predicted molar refractivity (Wildman–Crippen MR) is 96.3 cm³/mol. The molecule has 0 saturated heterocycles. The zero-order valence-corrected chi connectivity index (χ0v) is 15.5. The number of hydrogen-bond acceptors (Lipinski definition) is 7. The molecular weight excluding hydrogens is 342 g/mol. The average Bonchev–Trinajstić information content (AvgIpc) is 3.21. The number of tetrazole rings is 1. The van der Waals surface area contributed by atoms with Gasteiger partial charge in [-0.25, -0.2) is 9.67 Å². The van der Waals surface area contributed by atoms with Gasteiger partial charge >= 0.3 is 0 Å². The number of rotatable bonds is 7. The van der Waals surface area contributed by atoms with E-state index in [1.807, 2.05) is 28.9 Å². The molecule has 1 aromatic carbocycles. The maximum atomic E-state index is 5.41. The van der Waals surface area contributed by atoms with Crippen molar-refractivity contribution in [1.29, 1.82) is 0 Å². The van der Waals surface area contributed by atoms with Crippen molar-refractivity contribution in [3.8, 4) is 16.3 Å². The summed E-state index contributed by atoms with van der Waals surface area (Å²) < 4.78 is 7.26. The number of nitrogens with zero attached hydrogens (tertiary/aromatic N) is 5. The molecule has 0 unspecified atom stereocenters. The monoisotopic (exact) mass is 361 g/mol. The van der Waals surface area contributed by atoms with Crippen LogP contribution in [0.2, 0.25) is 0 Å². The topological polar surface area (TPSA) is 65.7 Å². The SMILES string of the molecule is COc1ccccc1-c1nc(CSc2nnnn2CC(C)C)cs1. The van der Waals surface area contributed by atoms with E-state index in [9.17, 15) is 0 Å². The first-order chi connectivity index (χ1) is 11.7. The van der Waals surface area contributed by atoms with Crippen molar-refractivity contribution in [2.24, 2.45) is 5.92 Å². The second-order valence-electron chi connectivity index (χ2n) is 5.67. The molecule has 0 aliphatic rings. The van der Waals surface area contributed by atoms with E-state index in [-0.39, 0.29) is 0 Å². The summed E-state index contributed by atoms with van der Waals surface area (Å²) in [5.74, 6) is 2.08. The van der Waals surface area contributed by atoms with Crippen LogP contribution < -0.4 is 4.74 Å². The summed E-state index contributed by atoms with van der Waals surface area (Å²) in [4.78, 5) is 4.72. The van der Waals surface area contributed by atoms with Crippen molar-refractivity contribution >= 4 is 23.1 Å². The van der Waals surface area contributed by atoms with E-state index >= 15 is 0 Å². The van der Waals surface area contributed by atoms with Crippen LogP contribution in [0.25, 0.3) is 10.6 Å². The molecule has 3 rings (SSSR count). The Kier molecular flexibility index (Phi) is 5.47. The van der Waals surface area contributed by atoms with Gasteiger partial charge in [-0.2, -0.15) is 0 Å². The summed E-state index contributed by atoms with van der Waals surface area (Å²) >= 11 is 3.23. The van der Waals surface area contributed by atoms with Gasteiger partial charge in [-0.05, 0) is 28.5 Å². The van der Waals surface area contributed by atoms with Crippen molar-refractivity contribution < 1.29 is 4.74 Å². The molecule has 0 bridgehead atoms. The first-order valence-electron chi connectivity index (χ1n) is 7.64. The summed E-state index contributed by atoms with van der Waals surface area (Å²) in [5, 5.41) is 15.8. The minimum absolute atomic E-state index is 0.504. The van der Waals surface area contributed by atoms with Gasteiger partial charge in [0.1, 0.15) is 10.8 Å². The number of ether oxygens (including phenoxy) is 1. The third-order valence-corrected chi connectivity index (χ3v) is 5.19. The number of para-hydroxylation sites is 1. The number of hydrogen-bond donors (Lipinski definition) is 0. The molecule has 24 heavy (non-hydrogen) atoms. The van der Waals surface area contributed by atoms with Gasteiger partial charge in [-0.15, -0.1) is 16.4 Å². The lowest BCUT2D eigenvalue weighted by Crippen LogP contribution is -2.07. The standard InChI is InChI=1S/C16H19N5OS2/c1-11(2)8-21-16(18-19-20-21)24-10-12-9-23-15(17-12)13-6-4-5-7-14(13)22-3/h4-7,9,11H,8,10H2,1-3H3. The number of thiazole rings is 1. The molecule has 2 heterocycles. The van der Waals surface area contributed by atoms with Crippen LogP contribution in [0.3, 0.4) is 0 Å². The van der Waals surface area contributed by atoms with Crippen LogP contribution >= 0.6 is 23.1 Å². The molecule has 3 aromatic rings. The highest BCUT2D eigenvalue weighted by Gasteiger charge is 2.12. The first-order valence-corrected chi connectivity index (χ1v) is 9.50. The average molecular weight is 361 g/mol. The number of thioether (sulfide) groups is 1. The number of methoxy groups -OCH3 is 1. The molecule has 0 aliphatic carbocycles. The lowest BCUT2D eigenvalue weighted by molar-refractivity contribution is 0.416. The molecule has 0 aliphatic heterocycles. The molecule has 0 atom stereocenters. The zero-order chi connectivity index (χ0) is 16.9. The quantitative estimate of drug-likeness (QED) is 0.597. The van der Waals surface area contributed by atoms with Crippen LogP contribution in [0.1, 0.15) is 19.5 Å². The minimum Gasteiger partial charge on any atom is -0.496 e. The molecule has 126 valence electrons. The Morgan fingerprint density at radius 2 is 2.12 bits per heavy atom. The lowest BCUT2D eigenvalue weighted by Gasteiger charge is -2.06. The number of aromatic nitrogens is 5. The van der Waals surface area contributed by atoms with Gasteiger partial charge in [0.25, 0.3) is 0 Å². The van der Waals surface area contributed by atoms with Crippen molar-refractivity contribution in [3.63, 3.8) is 0 Å². The Morgan fingerprint density at radius 1 is 1.29 bits per heavy atom. The summed E-state index contributed by atoms with van der Waals surface area (Å²) in [6.07, 6.45) is 0. The van der Waals surface area contributed by atoms with Crippen LogP contribution in [0.5, 0.6) is 5.75 Å². The van der Waals surface area contributed by atoms with Crippen molar-refractivity contribution in [3.05, 3.63) is 35.3 Å². The maximum absolute atomic E-state index is 5.41. The van der Waals surface area contributed by atoms with Gasteiger partial charge in [0.05, 0.1) is 18.4 Å². The van der Waals surface area contributed by atoms with Gasteiger partial charge < -0.3 is 4.74 Å². The molecule has 0 amide bonds. The molecule has 6 nitrogen and oxygen atoms in total. The van der Waals surface area contributed by atoms with Crippen molar-refractivity contribution in [2.75, 3.05) is 7.11 Å². The Labute approximate surface area is 149 Å². The van der Waals surface area contributed by atoms with Crippen LogP contribution in [-0.2, 0) is 12.3 Å². The van der Waals surface area contributed by atoms with E-state index in [0.717, 1.165) is 39.5 Å². The molecule has 0 spiro atoms. The maximum Gasteiger partial charge on any atom is 0.209 e. The lowest BCUT2D eigenvalue weighted by atomic mass is 10.2. The summed E-state index contributed by atoms with van der Waals surface area (Å²) in [6, 6.07) is 7.93. The van der Waals surface area contributed by atoms with Crippen LogP contribution in [0.4, 0.5) is 0 Å². The Hall–Kier alpha value is -1.93. The normalized spacial score (nSPS) is 11.2. The molecule has 8 heteroatoms. The third-order valence-electron chi connectivity index (χ3n) is 3.28. The second kappa shape index (κ2) is 7.76. The predicted octanol–water partition coefficient (Wildman–Crippen LogP) is 3.75. The molecule has 0 radical (unpaired) electrons.